The Hall–Kier alpha value is -1.95. The number of carbonyl (C=O) groups excluding carboxylic acids is 1. The van der Waals surface area contributed by atoms with Crippen LogP contribution >= 0.6 is 0 Å². The van der Waals surface area contributed by atoms with Crippen LogP contribution < -0.4 is 11.1 Å². The lowest BCUT2D eigenvalue weighted by molar-refractivity contribution is -0.384. The highest BCUT2D eigenvalue weighted by atomic mass is 16.6. The highest BCUT2D eigenvalue weighted by Crippen LogP contribution is 2.12. The molecule has 0 aliphatic heterocycles. The molecule has 0 saturated heterocycles. The minimum absolute atomic E-state index is 0.0251. The lowest BCUT2D eigenvalue weighted by Crippen LogP contribution is -2.26. The predicted octanol–water partition coefficient (Wildman–Crippen LogP) is 1.20. The van der Waals surface area contributed by atoms with E-state index >= 15 is 0 Å². The number of non-ortho nitro benzene ring substituents is 1. The standard InChI is InChI=1S/C12H17N3O3/c1-9(7-13)5-12(16)14-8-10-3-2-4-11(6-10)15(17)18/h2-4,6,9H,5,7-8,13H2,1H3,(H,14,16). The van der Waals surface area contributed by atoms with Gasteiger partial charge in [0.2, 0.25) is 5.91 Å². The SMILES string of the molecule is CC(CN)CC(=O)NCc1cccc([N+](=O)[O-])c1. The Bertz CT molecular complexity index is 434. The van der Waals surface area contributed by atoms with Gasteiger partial charge in [-0.3, -0.25) is 14.9 Å². The first-order valence-electron chi connectivity index (χ1n) is 5.73. The number of benzene rings is 1. The molecule has 0 aliphatic rings. The van der Waals surface area contributed by atoms with E-state index in [-0.39, 0.29) is 24.1 Å². The summed E-state index contributed by atoms with van der Waals surface area (Å²) in [6.45, 7) is 2.65. The number of rotatable bonds is 6. The Morgan fingerprint density at radius 1 is 1.56 bits per heavy atom. The molecule has 0 bridgehead atoms. The van der Waals surface area contributed by atoms with Crippen LogP contribution in [0.25, 0.3) is 0 Å². The molecule has 6 heteroatoms. The monoisotopic (exact) mass is 251 g/mol. The molecule has 3 N–H and O–H groups in total. The van der Waals surface area contributed by atoms with Crippen molar-refractivity contribution in [3.8, 4) is 0 Å². The van der Waals surface area contributed by atoms with E-state index in [4.69, 9.17) is 5.73 Å². The molecule has 0 radical (unpaired) electrons. The predicted molar refractivity (Wildman–Crippen MR) is 67.8 cm³/mol. The Kier molecular flexibility index (Phi) is 5.26. The molecule has 98 valence electrons. The van der Waals surface area contributed by atoms with Gasteiger partial charge in [-0.25, -0.2) is 0 Å². The molecular weight excluding hydrogens is 234 g/mol. The van der Waals surface area contributed by atoms with Gasteiger partial charge in [-0.1, -0.05) is 19.1 Å². The Morgan fingerprint density at radius 2 is 2.28 bits per heavy atom. The molecular formula is C12H17N3O3. The average molecular weight is 251 g/mol. The van der Waals surface area contributed by atoms with E-state index in [1.165, 1.54) is 12.1 Å². The summed E-state index contributed by atoms with van der Waals surface area (Å²) in [5.74, 6) is 0.0366. The largest absolute Gasteiger partial charge is 0.352 e. The van der Waals surface area contributed by atoms with Gasteiger partial charge in [0.05, 0.1) is 4.92 Å². The number of nitrogens with two attached hydrogens (primary N) is 1. The fourth-order valence-electron chi connectivity index (χ4n) is 1.45. The molecule has 1 aromatic carbocycles. The summed E-state index contributed by atoms with van der Waals surface area (Å²) in [4.78, 5) is 21.6. The van der Waals surface area contributed by atoms with Gasteiger partial charge in [0, 0.05) is 25.1 Å². The molecule has 1 rings (SSSR count). The van der Waals surface area contributed by atoms with Crippen molar-refractivity contribution in [2.75, 3.05) is 6.54 Å². The van der Waals surface area contributed by atoms with Crippen molar-refractivity contribution in [2.45, 2.75) is 19.9 Å². The maximum Gasteiger partial charge on any atom is 0.269 e. The lowest BCUT2D eigenvalue weighted by atomic mass is 10.1. The Balaban J connectivity index is 2.50. The van der Waals surface area contributed by atoms with E-state index in [2.05, 4.69) is 5.32 Å². The summed E-state index contributed by atoms with van der Waals surface area (Å²) < 4.78 is 0. The van der Waals surface area contributed by atoms with Gasteiger partial charge >= 0.3 is 0 Å². The lowest BCUT2D eigenvalue weighted by Gasteiger charge is -2.09. The minimum atomic E-state index is -0.457. The van der Waals surface area contributed by atoms with Crippen molar-refractivity contribution in [3.05, 3.63) is 39.9 Å². The second-order valence-corrected chi connectivity index (χ2v) is 4.25. The fraction of sp³-hybridized carbons (Fsp3) is 0.417. The Labute approximate surface area is 105 Å². The van der Waals surface area contributed by atoms with Crippen molar-refractivity contribution in [2.24, 2.45) is 11.7 Å². The molecule has 6 nitrogen and oxygen atoms in total. The second kappa shape index (κ2) is 6.70. The van der Waals surface area contributed by atoms with Crippen molar-refractivity contribution >= 4 is 11.6 Å². The van der Waals surface area contributed by atoms with Crippen LogP contribution in [-0.2, 0) is 11.3 Å². The quantitative estimate of drug-likeness (QED) is 0.586. The summed E-state index contributed by atoms with van der Waals surface area (Å²) in [6, 6.07) is 6.20. The number of hydrogen-bond acceptors (Lipinski definition) is 4. The zero-order valence-electron chi connectivity index (χ0n) is 10.3. The minimum Gasteiger partial charge on any atom is -0.352 e. The summed E-state index contributed by atoms with van der Waals surface area (Å²) >= 11 is 0. The highest BCUT2D eigenvalue weighted by Gasteiger charge is 2.09. The third kappa shape index (κ3) is 4.50. The van der Waals surface area contributed by atoms with Crippen molar-refractivity contribution in [3.63, 3.8) is 0 Å². The van der Waals surface area contributed by atoms with Gasteiger partial charge in [-0.05, 0) is 18.0 Å². The smallest absolute Gasteiger partial charge is 0.269 e. The number of nitrogens with one attached hydrogen (secondary N) is 1. The van der Waals surface area contributed by atoms with Crippen LogP contribution in [0.15, 0.2) is 24.3 Å². The van der Waals surface area contributed by atoms with Crippen LogP contribution in [0.2, 0.25) is 0 Å². The summed E-state index contributed by atoms with van der Waals surface area (Å²) in [6.07, 6.45) is 0.366. The topological polar surface area (TPSA) is 98.3 Å². The van der Waals surface area contributed by atoms with Crippen LogP contribution in [0.1, 0.15) is 18.9 Å². The van der Waals surface area contributed by atoms with Gasteiger partial charge in [0.1, 0.15) is 0 Å². The molecule has 1 unspecified atom stereocenters. The summed E-state index contributed by atoms with van der Waals surface area (Å²) in [7, 11) is 0. The van der Waals surface area contributed by atoms with Crippen LogP contribution in [0.5, 0.6) is 0 Å². The van der Waals surface area contributed by atoms with Gasteiger partial charge in [0.15, 0.2) is 0 Å². The number of nitro groups is 1. The van der Waals surface area contributed by atoms with Crippen LogP contribution in [0.4, 0.5) is 5.69 Å². The molecule has 0 saturated carbocycles. The third-order valence-corrected chi connectivity index (χ3v) is 2.55. The second-order valence-electron chi connectivity index (χ2n) is 4.25. The number of amides is 1. The van der Waals surface area contributed by atoms with Crippen LogP contribution in [0, 0.1) is 16.0 Å². The normalized spacial score (nSPS) is 11.9. The highest BCUT2D eigenvalue weighted by molar-refractivity contribution is 5.76. The molecule has 1 amide bonds. The zero-order valence-corrected chi connectivity index (χ0v) is 10.3. The van der Waals surface area contributed by atoms with Crippen molar-refractivity contribution in [1.29, 1.82) is 0 Å². The number of nitrogens with zero attached hydrogens (tertiary/aromatic N) is 1. The van der Waals surface area contributed by atoms with Gasteiger partial charge in [0.25, 0.3) is 5.69 Å². The first kappa shape index (κ1) is 14.1. The summed E-state index contributed by atoms with van der Waals surface area (Å²) in [5.41, 5.74) is 6.16. The molecule has 1 atom stereocenters. The Morgan fingerprint density at radius 3 is 2.89 bits per heavy atom. The van der Waals surface area contributed by atoms with E-state index in [1.807, 2.05) is 6.92 Å². The third-order valence-electron chi connectivity index (χ3n) is 2.55. The number of nitro benzene ring substituents is 1. The first-order valence-corrected chi connectivity index (χ1v) is 5.73. The molecule has 0 aliphatic carbocycles. The maximum absolute atomic E-state index is 11.5. The van der Waals surface area contributed by atoms with Gasteiger partial charge in [-0.2, -0.15) is 0 Å². The van der Waals surface area contributed by atoms with Gasteiger partial charge < -0.3 is 11.1 Å². The molecule has 18 heavy (non-hydrogen) atoms. The fourth-order valence-corrected chi connectivity index (χ4v) is 1.45. The first-order chi connectivity index (χ1) is 8.52. The number of hydrogen-bond donors (Lipinski definition) is 2. The van der Waals surface area contributed by atoms with E-state index in [0.717, 1.165) is 0 Å². The molecule has 0 heterocycles. The zero-order chi connectivity index (χ0) is 13.5. The van der Waals surface area contributed by atoms with E-state index in [9.17, 15) is 14.9 Å². The van der Waals surface area contributed by atoms with Crippen molar-refractivity contribution in [1.82, 2.24) is 5.32 Å². The maximum atomic E-state index is 11.5. The van der Waals surface area contributed by atoms with E-state index in [1.54, 1.807) is 12.1 Å². The average Bonchev–Trinajstić information content (AvgIpc) is 2.36. The summed E-state index contributed by atoms with van der Waals surface area (Å²) in [5, 5.41) is 13.3. The van der Waals surface area contributed by atoms with Crippen LogP contribution in [-0.4, -0.2) is 17.4 Å². The van der Waals surface area contributed by atoms with E-state index in [0.29, 0.717) is 18.5 Å². The van der Waals surface area contributed by atoms with E-state index < -0.39 is 4.92 Å². The molecule has 0 spiro atoms. The van der Waals surface area contributed by atoms with Crippen LogP contribution in [0.3, 0.4) is 0 Å². The number of carbonyl (C=O) groups is 1. The van der Waals surface area contributed by atoms with Gasteiger partial charge in [-0.15, -0.1) is 0 Å². The van der Waals surface area contributed by atoms with Crippen molar-refractivity contribution < 1.29 is 9.72 Å². The molecule has 1 aromatic rings. The molecule has 0 aromatic heterocycles. The molecule has 0 fully saturated rings.